The van der Waals surface area contributed by atoms with Gasteiger partial charge in [0.1, 0.15) is 6.10 Å². The van der Waals surface area contributed by atoms with E-state index in [2.05, 4.69) is 18.0 Å². The highest BCUT2D eigenvalue weighted by molar-refractivity contribution is 5.87. The molecule has 0 saturated heterocycles. The quantitative estimate of drug-likeness (QED) is 0.392. The lowest BCUT2D eigenvalue weighted by Gasteiger charge is -2.24. The summed E-state index contributed by atoms with van der Waals surface area (Å²) in [6, 6.07) is 9.36. The van der Waals surface area contributed by atoms with E-state index in [1.807, 2.05) is 30.3 Å². The molecule has 0 bridgehead atoms. The Balaban J connectivity index is 0.000000235. The third-order valence-corrected chi connectivity index (χ3v) is 3.13. The zero-order valence-corrected chi connectivity index (χ0v) is 12.4. The molecule has 0 spiro atoms. The minimum atomic E-state index is -0.788. The van der Waals surface area contributed by atoms with Crippen molar-refractivity contribution in [2.24, 2.45) is 0 Å². The number of ether oxygens (including phenoxy) is 1. The van der Waals surface area contributed by atoms with E-state index < -0.39 is 5.97 Å². The molecule has 0 unspecified atom stereocenters. The van der Waals surface area contributed by atoms with Gasteiger partial charge >= 0.3 is 11.9 Å². The largest absolute Gasteiger partial charge is 0.459 e. The van der Waals surface area contributed by atoms with Gasteiger partial charge in [-0.15, -0.1) is 0 Å². The van der Waals surface area contributed by atoms with E-state index in [1.54, 1.807) is 0 Å². The Morgan fingerprint density at radius 2 is 1.91 bits per heavy atom. The van der Waals surface area contributed by atoms with Crippen molar-refractivity contribution in [2.45, 2.75) is 31.8 Å². The molecule has 2 rings (SSSR count). The van der Waals surface area contributed by atoms with Crippen LogP contribution in [0, 0.1) is 0 Å². The molecule has 1 aliphatic rings. The Morgan fingerprint density at radius 3 is 2.36 bits per heavy atom. The zero-order valence-electron chi connectivity index (χ0n) is 12.4. The van der Waals surface area contributed by atoms with E-state index in [4.69, 9.17) is 9.99 Å². The molecule has 1 aromatic carbocycles. The summed E-state index contributed by atoms with van der Waals surface area (Å²) in [5.74, 6) is -1.08. The lowest BCUT2D eigenvalue weighted by molar-refractivity contribution is -0.229. The van der Waals surface area contributed by atoms with Crippen LogP contribution in [0.15, 0.2) is 55.1 Å². The molecule has 118 valence electrons. The molecule has 0 amide bonds. The lowest BCUT2D eigenvalue weighted by atomic mass is 9.96. The van der Waals surface area contributed by atoms with Crippen molar-refractivity contribution in [3.05, 3.63) is 60.7 Å². The van der Waals surface area contributed by atoms with Crippen LogP contribution in [-0.2, 0) is 25.6 Å². The first-order chi connectivity index (χ1) is 10.6. The van der Waals surface area contributed by atoms with Crippen molar-refractivity contribution >= 4 is 11.9 Å². The second kappa shape index (κ2) is 9.52. The first-order valence-electron chi connectivity index (χ1n) is 6.97. The van der Waals surface area contributed by atoms with Crippen molar-refractivity contribution < 1.29 is 24.5 Å². The fraction of sp³-hybridized carbons (Fsp3) is 0.294. The Kier molecular flexibility index (Phi) is 7.64. The predicted molar refractivity (Wildman–Crippen MR) is 81.9 cm³/mol. The minimum Gasteiger partial charge on any atom is -0.459 e. The maximum atomic E-state index is 10.7. The molecule has 0 aliphatic heterocycles. The van der Waals surface area contributed by atoms with Gasteiger partial charge in [-0.1, -0.05) is 43.5 Å². The Bertz CT molecular complexity index is 517. The number of esters is 1. The molecule has 0 heterocycles. The molecule has 5 nitrogen and oxygen atoms in total. The molecule has 0 atom stereocenters. The Hall–Kier alpha value is -2.40. The highest BCUT2D eigenvalue weighted by atomic mass is 17.1. The highest BCUT2D eigenvalue weighted by Crippen LogP contribution is 2.21. The first kappa shape index (κ1) is 17.7. The van der Waals surface area contributed by atoms with E-state index in [9.17, 15) is 9.59 Å². The summed E-state index contributed by atoms with van der Waals surface area (Å²) in [5, 5.41) is 8.07. The van der Waals surface area contributed by atoms with Gasteiger partial charge in [-0.3, -0.25) is 4.89 Å². The molecule has 1 fully saturated rings. The fourth-order valence-electron chi connectivity index (χ4n) is 1.68. The zero-order chi connectivity index (χ0) is 16.4. The van der Waals surface area contributed by atoms with Crippen molar-refractivity contribution in [3.63, 3.8) is 0 Å². The average molecular weight is 304 g/mol. The van der Waals surface area contributed by atoms with Crippen LogP contribution in [0.1, 0.15) is 24.8 Å². The summed E-state index contributed by atoms with van der Waals surface area (Å²) < 4.78 is 4.88. The number of rotatable bonds is 5. The van der Waals surface area contributed by atoms with Crippen LogP contribution >= 0.6 is 0 Å². The summed E-state index contributed by atoms with van der Waals surface area (Å²) in [6.07, 6.45) is 5.03. The van der Waals surface area contributed by atoms with E-state index in [1.165, 1.54) is 12.5 Å². The molecular formula is C17H20O5. The maximum Gasteiger partial charge on any atom is 0.368 e. The van der Waals surface area contributed by atoms with E-state index in [0.29, 0.717) is 6.42 Å². The SMILES string of the molecule is C=C(Cc1ccccc1)C(=O)OO.C=CC(=O)OC1CCC1. The third-order valence-electron chi connectivity index (χ3n) is 3.13. The van der Waals surface area contributed by atoms with Gasteiger partial charge in [0, 0.05) is 18.1 Å². The minimum absolute atomic E-state index is 0.190. The molecule has 1 aromatic rings. The van der Waals surface area contributed by atoms with Gasteiger partial charge in [0.15, 0.2) is 0 Å². The Labute approximate surface area is 129 Å². The van der Waals surface area contributed by atoms with Crippen LogP contribution in [0.4, 0.5) is 0 Å². The van der Waals surface area contributed by atoms with Crippen molar-refractivity contribution in [2.75, 3.05) is 0 Å². The van der Waals surface area contributed by atoms with Crippen LogP contribution in [0.25, 0.3) is 0 Å². The molecule has 1 N–H and O–H groups in total. The molecule has 5 heteroatoms. The Morgan fingerprint density at radius 1 is 1.27 bits per heavy atom. The van der Waals surface area contributed by atoms with E-state index in [-0.39, 0.29) is 17.6 Å². The second-order valence-corrected chi connectivity index (χ2v) is 4.84. The maximum absolute atomic E-state index is 10.7. The summed E-state index contributed by atoms with van der Waals surface area (Å²) in [5.41, 5.74) is 1.19. The van der Waals surface area contributed by atoms with Gasteiger partial charge in [0.2, 0.25) is 0 Å². The van der Waals surface area contributed by atoms with Gasteiger partial charge < -0.3 is 4.74 Å². The average Bonchev–Trinajstić information content (AvgIpc) is 2.51. The van der Waals surface area contributed by atoms with E-state index >= 15 is 0 Å². The van der Waals surface area contributed by atoms with Gasteiger partial charge in [-0.05, 0) is 24.8 Å². The molecular weight excluding hydrogens is 284 g/mol. The summed E-state index contributed by atoms with van der Waals surface area (Å²) in [7, 11) is 0. The number of hydrogen-bond acceptors (Lipinski definition) is 5. The van der Waals surface area contributed by atoms with Crippen LogP contribution in [0.2, 0.25) is 0 Å². The van der Waals surface area contributed by atoms with Crippen molar-refractivity contribution in [1.29, 1.82) is 0 Å². The van der Waals surface area contributed by atoms with E-state index in [0.717, 1.165) is 18.4 Å². The lowest BCUT2D eigenvalue weighted by Crippen LogP contribution is -2.23. The van der Waals surface area contributed by atoms with Crippen LogP contribution in [0.5, 0.6) is 0 Å². The number of benzene rings is 1. The number of carbonyl (C=O) groups excluding carboxylic acids is 2. The van der Waals surface area contributed by atoms with Crippen LogP contribution in [0.3, 0.4) is 0 Å². The van der Waals surface area contributed by atoms with Gasteiger partial charge in [0.25, 0.3) is 0 Å². The van der Waals surface area contributed by atoms with Crippen molar-refractivity contribution in [1.82, 2.24) is 0 Å². The second-order valence-electron chi connectivity index (χ2n) is 4.84. The number of hydrogen-bond donors (Lipinski definition) is 1. The molecule has 22 heavy (non-hydrogen) atoms. The molecule has 1 aliphatic carbocycles. The fourth-order valence-corrected chi connectivity index (χ4v) is 1.68. The van der Waals surface area contributed by atoms with Crippen LogP contribution in [-0.4, -0.2) is 23.3 Å². The van der Waals surface area contributed by atoms with Gasteiger partial charge in [0.05, 0.1) is 0 Å². The molecule has 1 saturated carbocycles. The van der Waals surface area contributed by atoms with Crippen LogP contribution < -0.4 is 0 Å². The van der Waals surface area contributed by atoms with Gasteiger partial charge in [-0.2, -0.15) is 5.26 Å². The smallest absolute Gasteiger partial charge is 0.368 e. The molecule has 0 radical (unpaired) electrons. The summed E-state index contributed by atoms with van der Waals surface area (Å²) in [4.78, 5) is 24.8. The van der Waals surface area contributed by atoms with Gasteiger partial charge in [-0.25, -0.2) is 9.59 Å². The number of carbonyl (C=O) groups is 2. The summed E-state index contributed by atoms with van der Waals surface area (Å²) in [6.45, 7) is 6.78. The van der Waals surface area contributed by atoms with Crippen molar-refractivity contribution in [3.8, 4) is 0 Å². The molecule has 0 aromatic heterocycles. The highest BCUT2D eigenvalue weighted by Gasteiger charge is 2.19. The summed E-state index contributed by atoms with van der Waals surface area (Å²) >= 11 is 0. The monoisotopic (exact) mass is 304 g/mol. The first-order valence-corrected chi connectivity index (χ1v) is 6.97. The topological polar surface area (TPSA) is 72.8 Å². The normalized spacial score (nSPS) is 13.0. The third kappa shape index (κ3) is 6.37. The predicted octanol–water partition coefficient (Wildman–Crippen LogP) is 3.07. The standard InChI is InChI=1S/C10H10O3.C7H10O2/c1-8(10(11)13-12)7-9-5-3-2-4-6-9;1-2-7(8)9-6-4-3-5-6/h2-6,12H,1,7H2;2,6H,1,3-5H2.